The number of nitrogens with one attached hydrogen (secondary N) is 1. The van der Waals surface area contributed by atoms with Crippen molar-refractivity contribution in [2.75, 3.05) is 6.26 Å². The van der Waals surface area contributed by atoms with Crippen LogP contribution >= 0.6 is 34.5 Å². The Morgan fingerprint density at radius 2 is 1.78 bits per heavy atom. The maximum absolute atomic E-state index is 13.1. The zero-order valence-electron chi connectivity index (χ0n) is 16.4. The number of benzene rings is 2. The van der Waals surface area contributed by atoms with Crippen molar-refractivity contribution in [1.82, 2.24) is 0 Å². The zero-order valence-corrected chi connectivity index (χ0v) is 19.5. The van der Waals surface area contributed by atoms with Crippen LogP contribution in [0.4, 0.5) is 18.9 Å². The van der Waals surface area contributed by atoms with Crippen molar-refractivity contribution in [3.05, 3.63) is 69.5 Å². The van der Waals surface area contributed by atoms with Gasteiger partial charge >= 0.3 is 6.18 Å². The minimum atomic E-state index is -4.80. The molecule has 0 aliphatic rings. The van der Waals surface area contributed by atoms with Crippen LogP contribution in [-0.4, -0.2) is 32.3 Å². The molecule has 1 heterocycles. The maximum Gasteiger partial charge on any atom is 0.429 e. The van der Waals surface area contributed by atoms with Crippen LogP contribution < -0.4 is 0 Å². The molecule has 0 saturated heterocycles. The number of thiophene rings is 1. The molecule has 0 saturated carbocycles. The van der Waals surface area contributed by atoms with Gasteiger partial charge in [0.1, 0.15) is 5.71 Å². The summed E-state index contributed by atoms with van der Waals surface area (Å²) in [6, 6.07) is 14.1. The Morgan fingerprint density at radius 1 is 1.09 bits per heavy atom. The van der Waals surface area contributed by atoms with Gasteiger partial charge in [0.15, 0.2) is 9.84 Å². The first kappa shape index (κ1) is 24.4. The van der Waals surface area contributed by atoms with Gasteiger partial charge in [-0.3, -0.25) is 0 Å². The predicted molar refractivity (Wildman–Crippen MR) is 124 cm³/mol. The summed E-state index contributed by atoms with van der Waals surface area (Å²) < 4.78 is 62.8. The van der Waals surface area contributed by atoms with Crippen LogP contribution in [0.1, 0.15) is 11.3 Å². The SMILES string of the molecule is CS(=O)(=O)c1cccc(-c2ccc(C(CC(=N)C(F)(F)F)=Nc3cccc(Cl)c3Cl)s2)c1. The summed E-state index contributed by atoms with van der Waals surface area (Å²) in [4.78, 5) is 5.43. The molecule has 0 fully saturated rings. The molecular weight excluding hydrogens is 504 g/mol. The Morgan fingerprint density at radius 3 is 2.44 bits per heavy atom. The normalized spacial score (nSPS) is 12.8. The first-order chi connectivity index (χ1) is 14.9. The topological polar surface area (TPSA) is 70.3 Å². The van der Waals surface area contributed by atoms with Crippen molar-refractivity contribution in [3.8, 4) is 10.4 Å². The molecule has 11 heteroatoms. The summed E-state index contributed by atoms with van der Waals surface area (Å²) in [5, 5.41) is 7.71. The smallest absolute Gasteiger partial charge is 0.300 e. The molecule has 1 N–H and O–H groups in total. The molecule has 3 aromatic rings. The van der Waals surface area contributed by atoms with Gasteiger partial charge in [0.2, 0.25) is 0 Å². The molecule has 3 rings (SSSR count). The molecule has 0 bridgehead atoms. The first-order valence-corrected chi connectivity index (χ1v) is 12.4. The van der Waals surface area contributed by atoms with Gasteiger partial charge in [0.05, 0.1) is 26.3 Å². The molecule has 0 radical (unpaired) electrons. The van der Waals surface area contributed by atoms with E-state index >= 15 is 0 Å². The Hall–Kier alpha value is -2.20. The van der Waals surface area contributed by atoms with E-state index < -0.39 is 28.1 Å². The van der Waals surface area contributed by atoms with Gasteiger partial charge in [-0.1, -0.05) is 41.4 Å². The molecule has 0 aliphatic carbocycles. The van der Waals surface area contributed by atoms with Crippen LogP contribution in [0.3, 0.4) is 0 Å². The van der Waals surface area contributed by atoms with Crippen LogP contribution in [0.25, 0.3) is 10.4 Å². The average Bonchev–Trinajstić information content (AvgIpc) is 3.19. The lowest BCUT2D eigenvalue weighted by Gasteiger charge is -2.10. The zero-order chi connectivity index (χ0) is 23.7. The number of hydrogen-bond acceptors (Lipinski definition) is 5. The van der Waals surface area contributed by atoms with Crippen LogP contribution in [-0.2, 0) is 9.84 Å². The van der Waals surface area contributed by atoms with Gasteiger partial charge in [-0.05, 0) is 42.0 Å². The molecule has 4 nitrogen and oxygen atoms in total. The Balaban J connectivity index is 2.07. The number of alkyl halides is 3. The molecule has 1 aromatic heterocycles. The van der Waals surface area contributed by atoms with Gasteiger partial charge in [0, 0.05) is 22.4 Å². The number of sulfone groups is 1. The van der Waals surface area contributed by atoms with E-state index in [0.29, 0.717) is 15.3 Å². The number of nitrogens with zero attached hydrogens (tertiary/aromatic N) is 1. The van der Waals surface area contributed by atoms with Crippen LogP contribution in [0.2, 0.25) is 10.0 Å². The number of aliphatic imine (C=N–C) groups is 1. The highest BCUT2D eigenvalue weighted by Crippen LogP contribution is 2.35. The van der Waals surface area contributed by atoms with E-state index in [1.54, 1.807) is 30.3 Å². The van der Waals surface area contributed by atoms with Crippen molar-refractivity contribution < 1.29 is 21.6 Å². The maximum atomic E-state index is 13.1. The Kier molecular flexibility index (Phi) is 7.14. The van der Waals surface area contributed by atoms with E-state index in [4.69, 9.17) is 28.6 Å². The summed E-state index contributed by atoms with van der Waals surface area (Å²) in [6.07, 6.45) is -4.48. The van der Waals surface area contributed by atoms with Gasteiger partial charge < -0.3 is 5.41 Å². The van der Waals surface area contributed by atoms with Crippen molar-refractivity contribution in [2.24, 2.45) is 4.99 Å². The molecule has 0 aliphatic heterocycles. The van der Waals surface area contributed by atoms with E-state index in [-0.39, 0.29) is 26.3 Å². The Bertz CT molecular complexity index is 1320. The second-order valence-electron chi connectivity index (χ2n) is 6.75. The van der Waals surface area contributed by atoms with Gasteiger partial charge in [-0.25, -0.2) is 13.4 Å². The third-order valence-corrected chi connectivity index (χ3v) is 7.41. The third-order valence-electron chi connectivity index (χ3n) is 4.31. The molecule has 0 spiro atoms. The standard InChI is InChI=1S/C21H15Cl2F3N2O2S2/c1-32(29,30)13-5-2-4-12(10-13)17-8-9-18(31-17)16(11-19(27)21(24,25)26)28-15-7-3-6-14(22)20(15)23/h2-10,27H,11H2,1H3. The minimum Gasteiger partial charge on any atom is -0.300 e. The van der Waals surface area contributed by atoms with Crippen LogP contribution in [0.5, 0.6) is 0 Å². The summed E-state index contributed by atoms with van der Waals surface area (Å²) >= 11 is 13.3. The first-order valence-electron chi connectivity index (χ1n) is 8.93. The fraction of sp³-hybridized carbons (Fsp3) is 0.143. The third kappa shape index (κ3) is 5.78. The lowest BCUT2D eigenvalue weighted by molar-refractivity contribution is -0.0605. The number of halogens is 5. The van der Waals surface area contributed by atoms with Crippen molar-refractivity contribution >= 4 is 61.5 Å². The summed E-state index contributed by atoms with van der Waals surface area (Å²) in [7, 11) is -3.42. The van der Waals surface area contributed by atoms with Crippen LogP contribution in [0.15, 0.2) is 64.5 Å². The number of rotatable bonds is 6. The van der Waals surface area contributed by atoms with Crippen molar-refractivity contribution in [2.45, 2.75) is 17.5 Å². The number of hydrogen-bond donors (Lipinski definition) is 1. The fourth-order valence-corrected chi connectivity index (χ4v) is 4.70. The summed E-state index contributed by atoms with van der Waals surface area (Å²) in [5.41, 5.74) is -0.691. The molecular formula is C21H15Cl2F3N2O2S2. The summed E-state index contributed by atoms with van der Waals surface area (Å²) in [6.45, 7) is 0. The minimum absolute atomic E-state index is 0.00740. The van der Waals surface area contributed by atoms with Crippen LogP contribution in [0, 0.1) is 5.41 Å². The van der Waals surface area contributed by atoms with Crippen molar-refractivity contribution in [1.29, 1.82) is 5.41 Å². The second kappa shape index (κ2) is 9.35. The van der Waals surface area contributed by atoms with Crippen molar-refractivity contribution in [3.63, 3.8) is 0 Å². The monoisotopic (exact) mass is 518 g/mol. The van der Waals surface area contributed by atoms with Gasteiger partial charge in [-0.15, -0.1) is 11.3 Å². The van der Waals surface area contributed by atoms with E-state index in [2.05, 4.69) is 4.99 Å². The molecule has 0 unspecified atom stereocenters. The highest BCUT2D eigenvalue weighted by Gasteiger charge is 2.35. The van der Waals surface area contributed by atoms with E-state index in [1.165, 1.54) is 24.3 Å². The summed E-state index contributed by atoms with van der Waals surface area (Å²) in [5.74, 6) is 0. The molecule has 168 valence electrons. The highest BCUT2D eigenvalue weighted by molar-refractivity contribution is 7.90. The lowest BCUT2D eigenvalue weighted by atomic mass is 10.1. The quantitative estimate of drug-likeness (QED) is 0.350. The second-order valence-corrected chi connectivity index (χ2v) is 10.6. The Labute approximate surface area is 196 Å². The average molecular weight is 519 g/mol. The van der Waals surface area contributed by atoms with E-state index in [0.717, 1.165) is 17.6 Å². The highest BCUT2D eigenvalue weighted by atomic mass is 35.5. The predicted octanol–water partition coefficient (Wildman–Crippen LogP) is 7.22. The fourth-order valence-electron chi connectivity index (χ4n) is 2.70. The molecule has 0 atom stereocenters. The van der Waals surface area contributed by atoms with E-state index in [9.17, 15) is 21.6 Å². The van der Waals surface area contributed by atoms with Gasteiger partial charge in [0.25, 0.3) is 0 Å². The lowest BCUT2D eigenvalue weighted by Crippen LogP contribution is -2.24. The van der Waals surface area contributed by atoms with E-state index in [1.807, 2.05) is 0 Å². The molecule has 32 heavy (non-hydrogen) atoms. The van der Waals surface area contributed by atoms with Gasteiger partial charge in [-0.2, -0.15) is 13.2 Å². The largest absolute Gasteiger partial charge is 0.429 e. The molecule has 2 aromatic carbocycles. The molecule has 0 amide bonds.